The topological polar surface area (TPSA) is 23.9 Å². The van der Waals surface area contributed by atoms with Crippen molar-refractivity contribution in [2.75, 3.05) is 0 Å². The third kappa shape index (κ3) is 5.80. The van der Waals surface area contributed by atoms with E-state index in [0.717, 1.165) is 0 Å². The summed E-state index contributed by atoms with van der Waals surface area (Å²) in [6.07, 6.45) is 6.00. The molecular weight excluding hydrogens is 106 g/mol. The van der Waals surface area contributed by atoms with E-state index < -0.39 is 0 Å². The second kappa shape index (κ2) is 5.80. The average molecular weight is 115 g/mol. The molecule has 40 valence electrons. The van der Waals surface area contributed by atoms with Crippen LogP contribution in [0.3, 0.4) is 0 Å². The lowest BCUT2D eigenvalue weighted by molar-refractivity contribution is 0.504. The zero-order chi connectivity index (χ0) is 5.54. The molecule has 1 aliphatic rings. The largest absolute Gasteiger partial charge is 0.248 e. The Morgan fingerprint density at radius 3 is 1.29 bits per heavy atom. The molecule has 0 aromatic carbocycles. The van der Waals surface area contributed by atoms with Gasteiger partial charge in [-0.1, -0.05) is 25.7 Å². The minimum Gasteiger partial charge on any atom is -0.248 e. The van der Waals surface area contributed by atoms with Crippen molar-refractivity contribution in [1.29, 1.82) is 5.41 Å². The van der Waals surface area contributed by atoms with E-state index in [9.17, 15) is 0 Å². The molecule has 0 heterocycles. The summed E-state index contributed by atoms with van der Waals surface area (Å²) in [6.45, 7) is 0. The van der Waals surface area contributed by atoms with Crippen molar-refractivity contribution >= 4 is 17.4 Å². The summed E-state index contributed by atoms with van der Waals surface area (Å²) >= 11 is 3.81. The first-order valence-electron chi connectivity index (χ1n) is 2.45. The smallest absolute Gasteiger partial charge is 0.0554 e. The molecule has 0 aromatic heterocycles. The molecule has 1 rings (SSSR count). The zero-order valence-electron chi connectivity index (χ0n) is 4.24. The zero-order valence-corrected chi connectivity index (χ0v) is 5.05. The summed E-state index contributed by atoms with van der Waals surface area (Å²) in [5, 5.41) is 7.36. The minimum atomic E-state index is 1.50. The predicted molar refractivity (Wildman–Crippen MR) is 33.8 cm³/mol. The van der Waals surface area contributed by atoms with E-state index >= 15 is 0 Å². The van der Waals surface area contributed by atoms with Gasteiger partial charge in [0.1, 0.15) is 0 Å². The van der Waals surface area contributed by atoms with Crippen molar-refractivity contribution in [3.63, 3.8) is 0 Å². The monoisotopic (exact) mass is 115 g/mol. The van der Waals surface area contributed by atoms with Crippen LogP contribution in [0.25, 0.3) is 0 Å². The predicted octanol–water partition coefficient (Wildman–Crippen LogP) is 2.23. The van der Waals surface area contributed by atoms with Crippen LogP contribution in [0.1, 0.15) is 25.7 Å². The van der Waals surface area contributed by atoms with Gasteiger partial charge in [0.25, 0.3) is 0 Å². The summed E-state index contributed by atoms with van der Waals surface area (Å²) in [5.41, 5.74) is 0. The van der Waals surface area contributed by atoms with Gasteiger partial charge in [0.2, 0.25) is 0 Å². The average Bonchev–Trinajstić information content (AvgIpc) is 1.27. The highest BCUT2D eigenvalue weighted by Gasteiger charge is 1.95. The maximum absolute atomic E-state index is 5.77. The molecule has 0 bridgehead atoms. The van der Waals surface area contributed by atoms with Crippen molar-refractivity contribution in [3.05, 3.63) is 0 Å². The minimum absolute atomic E-state index is 1.50. The molecule has 0 aliphatic heterocycles. The Morgan fingerprint density at radius 2 is 1.29 bits per heavy atom. The Bertz CT molecular complexity index is 56.5. The number of hydrogen-bond donors (Lipinski definition) is 1. The highest BCUT2D eigenvalue weighted by Crippen LogP contribution is 2.15. The van der Waals surface area contributed by atoms with E-state index in [1.807, 2.05) is 0 Å². The van der Waals surface area contributed by atoms with Crippen molar-refractivity contribution in [3.8, 4) is 0 Å². The van der Waals surface area contributed by atoms with Crippen LogP contribution in [0, 0.1) is 5.41 Å². The summed E-state index contributed by atoms with van der Waals surface area (Å²) in [5.74, 6) is 0. The molecular formula is C5H9NS. The Hall–Kier alpha value is -0.200. The molecule has 0 atom stereocenters. The van der Waals surface area contributed by atoms with Crippen LogP contribution >= 0.6 is 12.2 Å². The van der Waals surface area contributed by atoms with E-state index in [-0.39, 0.29) is 0 Å². The second-order valence-corrected chi connectivity index (χ2v) is 1.72. The second-order valence-electron chi connectivity index (χ2n) is 1.52. The van der Waals surface area contributed by atoms with Crippen molar-refractivity contribution < 1.29 is 0 Å². The van der Waals surface area contributed by atoms with Gasteiger partial charge < -0.3 is 0 Å². The van der Waals surface area contributed by atoms with E-state index in [2.05, 4.69) is 12.2 Å². The highest BCUT2D eigenvalue weighted by molar-refractivity contribution is 7.78. The standard InChI is InChI=1S/C4H8.CHNS/c1-2-4-3-1;2-1-3/h1-4H2;2H. The van der Waals surface area contributed by atoms with Crippen LogP contribution in [0.15, 0.2) is 0 Å². The van der Waals surface area contributed by atoms with Crippen LogP contribution in [0.2, 0.25) is 0 Å². The molecule has 0 saturated heterocycles. The molecule has 1 nitrogen and oxygen atoms in total. The number of hydrogen-bond acceptors (Lipinski definition) is 2. The van der Waals surface area contributed by atoms with Gasteiger partial charge in [-0.25, -0.2) is 5.41 Å². The maximum Gasteiger partial charge on any atom is 0.0554 e. The molecule has 1 saturated carbocycles. The van der Waals surface area contributed by atoms with Gasteiger partial charge in [0, 0.05) is 0 Å². The number of nitrogens with one attached hydrogen (secondary N) is 1. The number of rotatable bonds is 0. The van der Waals surface area contributed by atoms with Gasteiger partial charge in [-0.2, -0.15) is 0 Å². The van der Waals surface area contributed by atoms with E-state index in [4.69, 9.17) is 5.41 Å². The fourth-order valence-electron chi connectivity index (χ4n) is 0.250. The lowest BCUT2D eigenvalue weighted by Crippen LogP contribution is -1.85. The van der Waals surface area contributed by atoms with Crippen LogP contribution in [-0.4, -0.2) is 5.16 Å². The first kappa shape index (κ1) is 6.80. The first-order chi connectivity index (χ1) is 3.41. The van der Waals surface area contributed by atoms with Crippen LogP contribution in [-0.2, 0) is 0 Å². The fraction of sp³-hybridized carbons (Fsp3) is 0.800. The third-order valence-corrected chi connectivity index (χ3v) is 1.000. The van der Waals surface area contributed by atoms with Crippen molar-refractivity contribution in [2.45, 2.75) is 25.7 Å². The number of thiocarbonyl (C=S) groups is 1. The van der Waals surface area contributed by atoms with Gasteiger partial charge in [0.05, 0.1) is 5.16 Å². The van der Waals surface area contributed by atoms with Crippen molar-refractivity contribution in [1.82, 2.24) is 0 Å². The van der Waals surface area contributed by atoms with E-state index in [0.29, 0.717) is 0 Å². The lowest BCUT2D eigenvalue weighted by Gasteiger charge is -2.05. The van der Waals surface area contributed by atoms with Crippen LogP contribution in [0.4, 0.5) is 0 Å². The quantitative estimate of drug-likeness (QED) is 0.380. The van der Waals surface area contributed by atoms with E-state index in [1.165, 1.54) is 25.7 Å². The Labute approximate surface area is 49.2 Å². The van der Waals surface area contributed by atoms with Gasteiger partial charge in [-0.05, 0) is 12.2 Å². The fourth-order valence-corrected chi connectivity index (χ4v) is 0.250. The molecule has 1 N–H and O–H groups in total. The summed E-state index contributed by atoms with van der Waals surface area (Å²) in [7, 11) is 0. The molecule has 0 amide bonds. The first-order valence-corrected chi connectivity index (χ1v) is 2.86. The Balaban J connectivity index is 0.000000110. The van der Waals surface area contributed by atoms with Gasteiger partial charge in [-0.3, -0.25) is 0 Å². The molecule has 1 fully saturated rings. The Morgan fingerprint density at radius 1 is 1.14 bits per heavy atom. The summed E-state index contributed by atoms with van der Waals surface area (Å²) in [4.78, 5) is 0. The molecule has 2 heteroatoms. The van der Waals surface area contributed by atoms with Gasteiger partial charge >= 0.3 is 0 Å². The van der Waals surface area contributed by atoms with Crippen LogP contribution in [0.5, 0.6) is 0 Å². The highest BCUT2D eigenvalue weighted by atomic mass is 32.1. The normalized spacial score (nSPS) is 14.9. The molecule has 7 heavy (non-hydrogen) atoms. The molecule has 0 aromatic rings. The SMILES string of the molecule is C1CCC1.N=C=S. The maximum atomic E-state index is 5.77. The summed E-state index contributed by atoms with van der Waals surface area (Å²) < 4.78 is 0. The number of isothiocyanates is 1. The van der Waals surface area contributed by atoms with Gasteiger partial charge in [0.15, 0.2) is 0 Å². The lowest BCUT2D eigenvalue weighted by atomic mass is 10.0. The van der Waals surface area contributed by atoms with Gasteiger partial charge in [-0.15, -0.1) is 0 Å². The van der Waals surface area contributed by atoms with Crippen molar-refractivity contribution in [2.24, 2.45) is 0 Å². The third-order valence-electron chi connectivity index (χ3n) is 1.000. The molecule has 0 spiro atoms. The molecule has 0 unspecified atom stereocenters. The van der Waals surface area contributed by atoms with Crippen LogP contribution < -0.4 is 0 Å². The molecule has 0 radical (unpaired) electrons. The Kier molecular flexibility index (Phi) is 5.63. The van der Waals surface area contributed by atoms with E-state index in [1.54, 1.807) is 5.16 Å². The summed E-state index contributed by atoms with van der Waals surface area (Å²) in [6, 6.07) is 0. The molecule has 1 aliphatic carbocycles.